The SMILES string of the molecule is CC1CCCC(N)(CN2CCCC2)C1. The van der Waals surface area contributed by atoms with Gasteiger partial charge in [-0.2, -0.15) is 0 Å². The molecule has 1 aliphatic heterocycles. The fraction of sp³-hybridized carbons (Fsp3) is 1.00. The van der Waals surface area contributed by atoms with Crippen LogP contribution >= 0.6 is 0 Å². The van der Waals surface area contributed by atoms with Crippen molar-refractivity contribution in [3.05, 3.63) is 0 Å². The fourth-order valence-electron chi connectivity index (χ4n) is 3.23. The third-order valence-corrected chi connectivity index (χ3v) is 3.86. The molecule has 0 amide bonds. The zero-order valence-corrected chi connectivity index (χ0v) is 9.47. The van der Waals surface area contributed by atoms with Gasteiger partial charge in [0.05, 0.1) is 0 Å². The molecule has 0 aromatic heterocycles. The van der Waals surface area contributed by atoms with Crippen molar-refractivity contribution in [2.75, 3.05) is 19.6 Å². The van der Waals surface area contributed by atoms with Crippen molar-refractivity contribution in [1.29, 1.82) is 0 Å². The van der Waals surface area contributed by atoms with Crippen LogP contribution in [0.25, 0.3) is 0 Å². The lowest BCUT2D eigenvalue weighted by Gasteiger charge is -2.39. The van der Waals surface area contributed by atoms with Gasteiger partial charge in [0, 0.05) is 12.1 Å². The maximum absolute atomic E-state index is 6.49. The van der Waals surface area contributed by atoms with Gasteiger partial charge in [0.1, 0.15) is 0 Å². The van der Waals surface area contributed by atoms with E-state index in [1.165, 1.54) is 51.6 Å². The number of rotatable bonds is 2. The molecule has 2 N–H and O–H groups in total. The van der Waals surface area contributed by atoms with E-state index >= 15 is 0 Å². The molecule has 2 atom stereocenters. The van der Waals surface area contributed by atoms with E-state index < -0.39 is 0 Å². The van der Waals surface area contributed by atoms with E-state index in [9.17, 15) is 0 Å². The van der Waals surface area contributed by atoms with Crippen LogP contribution in [-0.4, -0.2) is 30.1 Å². The van der Waals surface area contributed by atoms with Crippen molar-refractivity contribution >= 4 is 0 Å². The Morgan fingerprint density at radius 1 is 1.29 bits per heavy atom. The second-order valence-electron chi connectivity index (χ2n) is 5.55. The summed E-state index contributed by atoms with van der Waals surface area (Å²) in [5.74, 6) is 0.844. The van der Waals surface area contributed by atoms with Crippen molar-refractivity contribution in [2.24, 2.45) is 11.7 Å². The summed E-state index contributed by atoms with van der Waals surface area (Å²) >= 11 is 0. The number of hydrogen-bond donors (Lipinski definition) is 1. The van der Waals surface area contributed by atoms with Crippen LogP contribution in [0.1, 0.15) is 45.4 Å². The van der Waals surface area contributed by atoms with Crippen LogP contribution in [-0.2, 0) is 0 Å². The van der Waals surface area contributed by atoms with E-state index in [0.717, 1.165) is 12.5 Å². The van der Waals surface area contributed by atoms with Gasteiger partial charge in [-0.05, 0) is 44.7 Å². The Kier molecular flexibility index (Phi) is 3.13. The van der Waals surface area contributed by atoms with Gasteiger partial charge in [-0.15, -0.1) is 0 Å². The van der Waals surface area contributed by atoms with Crippen LogP contribution in [0.4, 0.5) is 0 Å². The predicted molar refractivity (Wildman–Crippen MR) is 60.2 cm³/mol. The molecule has 2 aliphatic rings. The molecule has 0 radical (unpaired) electrons. The summed E-state index contributed by atoms with van der Waals surface area (Å²) in [7, 11) is 0. The molecule has 1 saturated heterocycles. The van der Waals surface area contributed by atoms with E-state index in [0.29, 0.717) is 0 Å². The Morgan fingerprint density at radius 2 is 2.00 bits per heavy atom. The molecule has 0 aromatic rings. The molecule has 14 heavy (non-hydrogen) atoms. The van der Waals surface area contributed by atoms with Crippen LogP contribution < -0.4 is 5.73 Å². The van der Waals surface area contributed by atoms with Crippen LogP contribution in [0.5, 0.6) is 0 Å². The highest BCUT2D eigenvalue weighted by Gasteiger charge is 2.33. The van der Waals surface area contributed by atoms with Crippen molar-refractivity contribution in [3.8, 4) is 0 Å². The second-order valence-corrected chi connectivity index (χ2v) is 5.55. The van der Waals surface area contributed by atoms with Crippen LogP contribution in [0, 0.1) is 5.92 Å². The minimum absolute atomic E-state index is 0.141. The lowest BCUT2D eigenvalue weighted by Crippen LogP contribution is -2.52. The minimum atomic E-state index is 0.141. The Hall–Kier alpha value is -0.0800. The highest BCUT2D eigenvalue weighted by atomic mass is 15.2. The molecule has 1 saturated carbocycles. The monoisotopic (exact) mass is 196 g/mol. The Balaban J connectivity index is 1.87. The molecule has 0 bridgehead atoms. The Labute approximate surface area is 87.8 Å². The standard InChI is InChI=1S/C12H24N2/c1-11-5-4-6-12(13,9-11)10-14-7-2-3-8-14/h11H,2-10,13H2,1H3. The molecule has 0 spiro atoms. The molecule has 2 rings (SSSR count). The summed E-state index contributed by atoms with van der Waals surface area (Å²) in [5.41, 5.74) is 6.63. The molecular weight excluding hydrogens is 172 g/mol. The van der Waals surface area contributed by atoms with E-state index in [2.05, 4.69) is 11.8 Å². The van der Waals surface area contributed by atoms with Gasteiger partial charge in [-0.25, -0.2) is 0 Å². The lowest BCUT2D eigenvalue weighted by molar-refractivity contribution is 0.169. The average molecular weight is 196 g/mol. The van der Waals surface area contributed by atoms with Crippen molar-refractivity contribution < 1.29 is 0 Å². The highest BCUT2D eigenvalue weighted by molar-refractivity contribution is 4.93. The lowest BCUT2D eigenvalue weighted by atomic mass is 9.77. The van der Waals surface area contributed by atoms with Crippen LogP contribution in [0.2, 0.25) is 0 Å². The first-order valence-electron chi connectivity index (χ1n) is 6.19. The normalized spacial score (nSPS) is 40.3. The smallest absolute Gasteiger partial charge is 0.0285 e. The van der Waals surface area contributed by atoms with E-state index in [1.54, 1.807) is 0 Å². The summed E-state index contributed by atoms with van der Waals surface area (Å²) in [5, 5.41) is 0. The van der Waals surface area contributed by atoms with Gasteiger partial charge in [0.15, 0.2) is 0 Å². The molecule has 2 fully saturated rings. The zero-order valence-electron chi connectivity index (χ0n) is 9.47. The Morgan fingerprint density at radius 3 is 2.64 bits per heavy atom. The zero-order chi connectivity index (χ0) is 10.0. The van der Waals surface area contributed by atoms with Gasteiger partial charge < -0.3 is 10.6 Å². The fourth-order valence-corrected chi connectivity index (χ4v) is 3.23. The quantitative estimate of drug-likeness (QED) is 0.732. The molecule has 0 aromatic carbocycles. The number of nitrogens with zero attached hydrogens (tertiary/aromatic N) is 1. The van der Waals surface area contributed by atoms with E-state index in [-0.39, 0.29) is 5.54 Å². The first-order valence-corrected chi connectivity index (χ1v) is 6.19. The Bertz CT molecular complexity index is 187. The van der Waals surface area contributed by atoms with Crippen molar-refractivity contribution in [2.45, 2.75) is 51.0 Å². The molecule has 1 aliphatic carbocycles. The summed E-state index contributed by atoms with van der Waals surface area (Å²) in [6.07, 6.45) is 7.97. The van der Waals surface area contributed by atoms with Gasteiger partial charge in [-0.3, -0.25) is 0 Å². The summed E-state index contributed by atoms with van der Waals surface area (Å²) in [4.78, 5) is 2.57. The maximum Gasteiger partial charge on any atom is 0.0285 e. The molecule has 82 valence electrons. The molecule has 2 heteroatoms. The minimum Gasteiger partial charge on any atom is -0.324 e. The van der Waals surface area contributed by atoms with Gasteiger partial charge in [-0.1, -0.05) is 19.8 Å². The summed E-state index contributed by atoms with van der Waals surface area (Å²) in [6, 6.07) is 0. The number of likely N-dealkylation sites (tertiary alicyclic amines) is 1. The topological polar surface area (TPSA) is 29.3 Å². The number of hydrogen-bond acceptors (Lipinski definition) is 2. The average Bonchev–Trinajstić information content (AvgIpc) is 2.55. The molecule has 1 heterocycles. The summed E-state index contributed by atoms with van der Waals surface area (Å²) in [6.45, 7) is 6.07. The summed E-state index contributed by atoms with van der Waals surface area (Å²) < 4.78 is 0. The van der Waals surface area contributed by atoms with E-state index in [4.69, 9.17) is 5.73 Å². The maximum atomic E-state index is 6.49. The van der Waals surface area contributed by atoms with Gasteiger partial charge in [0.25, 0.3) is 0 Å². The van der Waals surface area contributed by atoms with Crippen LogP contribution in [0.3, 0.4) is 0 Å². The predicted octanol–water partition coefficient (Wildman–Crippen LogP) is 1.99. The largest absolute Gasteiger partial charge is 0.324 e. The highest BCUT2D eigenvalue weighted by Crippen LogP contribution is 2.31. The molecule has 2 nitrogen and oxygen atoms in total. The van der Waals surface area contributed by atoms with Crippen molar-refractivity contribution in [1.82, 2.24) is 4.90 Å². The third kappa shape index (κ3) is 2.48. The first kappa shape index (κ1) is 10.4. The first-order chi connectivity index (χ1) is 6.68. The number of nitrogens with two attached hydrogens (primary N) is 1. The van der Waals surface area contributed by atoms with Crippen molar-refractivity contribution in [3.63, 3.8) is 0 Å². The van der Waals surface area contributed by atoms with E-state index in [1.807, 2.05) is 0 Å². The molecule has 2 unspecified atom stereocenters. The van der Waals surface area contributed by atoms with Crippen LogP contribution in [0.15, 0.2) is 0 Å². The molecular formula is C12H24N2. The third-order valence-electron chi connectivity index (χ3n) is 3.86. The van der Waals surface area contributed by atoms with Gasteiger partial charge in [0.2, 0.25) is 0 Å². The second kappa shape index (κ2) is 4.19. The van der Waals surface area contributed by atoms with Gasteiger partial charge >= 0.3 is 0 Å².